The summed E-state index contributed by atoms with van der Waals surface area (Å²) in [6.07, 6.45) is -1.40. The van der Waals surface area contributed by atoms with Gasteiger partial charge in [0.25, 0.3) is 0 Å². The van der Waals surface area contributed by atoms with Gasteiger partial charge in [0.15, 0.2) is 17.3 Å². The maximum atomic E-state index is 12.3. The van der Waals surface area contributed by atoms with E-state index in [1.165, 1.54) is 4.90 Å². The number of amides is 1. The smallest absolute Gasteiger partial charge is 0.411 e. The molecule has 0 aromatic carbocycles. The highest BCUT2D eigenvalue weighted by molar-refractivity contribution is 5.69. The van der Waals surface area contributed by atoms with Crippen molar-refractivity contribution >= 4 is 6.09 Å². The van der Waals surface area contributed by atoms with E-state index in [1.54, 1.807) is 34.6 Å². The summed E-state index contributed by atoms with van der Waals surface area (Å²) in [6.45, 7) is 8.76. The van der Waals surface area contributed by atoms with E-state index in [4.69, 9.17) is 14.2 Å². The topological polar surface area (TPSA) is 88.5 Å². The van der Waals surface area contributed by atoms with E-state index < -0.39 is 29.6 Å². The highest BCUT2D eigenvalue weighted by Gasteiger charge is 2.48. The fraction of sp³-hybridized carbons (Fsp3) is 0.786. The molecule has 2 rings (SSSR count). The van der Waals surface area contributed by atoms with E-state index in [2.05, 4.69) is 0 Å². The largest absolute Gasteiger partial charge is 0.507 e. The molecule has 2 heterocycles. The fourth-order valence-corrected chi connectivity index (χ4v) is 2.33. The molecule has 2 N–H and O–H groups in total. The zero-order valence-corrected chi connectivity index (χ0v) is 13.0. The molecule has 0 aromatic rings. The van der Waals surface area contributed by atoms with Gasteiger partial charge in [0.1, 0.15) is 11.7 Å². The lowest BCUT2D eigenvalue weighted by Gasteiger charge is -2.47. The molecule has 7 heteroatoms. The molecule has 1 fully saturated rings. The summed E-state index contributed by atoms with van der Waals surface area (Å²) in [5.41, 5.74) is -0.652. The molecule has 120 valence electrons. The first-order chi connectivity index (χ1) is 9.50. The van der Waals surface area contributed by atoms with Gasteiger partial charge in [-0.25, -0.2) is 4.79 Å². The van der Waals surface area contributed by atoms with E-state index in [0.717, 1.165) is 0 Å². The van der Waals surface area contributed by atoms with Crippen LogP contribution >= 0.6 is 0 Å². The lowest BCUT2D eigenvalue weighted by molar-refractivity contribution is -0.291. The standard InChI is InChI=1S/C14H23NO6/c1-13(2,3)21-12(18)15-6-9(16)10(17)11-8(15)7-19-14(4,5)20-11/h8,11,16-17H,6-7H2,1-5H3/t8-,11-/m1/s1. The highest BCUT2D eigenvalue weighted by atomic mass is 16.7. The molecular formula is C14H23NO6. The Morgan fingerprint density at radius 2 is 2.00 bits per heavy atom. The normalized spacial score (nSPS) is 29.1. The van der Waals surface area contributed by atoms with E-state index in [1.807, 2.05) is 0 Å². The monoisotopic (exact) mass is 301 g/mol. The molecule has 2 atom stereocenters. The Kier molecular flexibility index (Phi) is 3.84. The molecule has 1 saturated heterocycles. The highest BCUT2D eigenvalue weighted by Crippen LogP contribution is 2.33. The maximum absolute atomic E-state index is 12.3. The number of ether oxygens (including phenoxy) is 3. The number of fused-ring (bicyclic) bond motifs is 1. The third kappa shape index (κ3) is 3.41. The SMILES string of the molecule is CC(C)(C)OC(=O)N1CC(O)=C(O)[C@@H]2OC(C)(C)OC[C@H]21. The second kappa shape index (κ2) is 5.06. The Labute approximate surface area is 124 Å². The Hall–Kier alpha value is -1.47. The van der Waals surface area contributed by atoms with Gasteiger partial charge in [-0.05, 0) is 34.6 Å². The lowest BCUT2D eigenvalue weighted by atomic mass is 10.0. The van der Waals surface area contributed by atoms with Crippen LogP contribution in [0.1, 0.15) is 34.6 Å². The molecule has 7 nitrogen and oxygen atoms in total. The third-order valence-electron chi connectivity index (χ3n) is 3.28. The molecule has 0 unspecified atom stereocenters. The first kappa shape index (κ1) is 15.9. The molecule has 1 amide bonds. The second-order valence-electron chi connectivity index (χ2n) is 6.76. The minimum absolute atomic E-state index is 0.130. The van der Waals surface area contributed by atoms with Crippen molar-refractivity contribution < 1.29 is 29.2 Å². The van der Waals surface area contributed by atoms with Crippen LogP contribution in [-0.4, -0.2) is 57.9 Å². The quantitative estimate of drug-likeness (QED) is 0.712. The molecule has 0 radical (unpaired) electrons. The van der Waals surface area contributed by atoms with Crippen molar-refractivity contribution in [3.63, 3.8) is 0 Å². The maximum Gasteiger partial charge on any atom is 0.411 e. The van der Waals surface area contributed by atoms with Crippen LogP contribution < -0.4 is 0 Å². The van der Waals surface area contributed by atoms with Crippen molar-refractivity contribution in [1.29, 1.82) is 0 Å². The van der Waals surface area contributed by atoms with Crippen LogP contribution in [0.5, 0.6) is 0 Å². The van der Waals surface area contributed by atoms with Gasteiger partial charge in [0, 0.05) is 0 Å². The van der Waals surface area contributed by atoms with Gasteiger partial charge in [-0.15, -0.1) is 0 Å². The van der Waals surface area contributed by atoms with Crippen molar-refractivity contribution in [2.45, 2.75) is 58.2 Å². The predicted octanol–water partition coefficient (Wildman–Crippen LogP) is 2.08. The number of aliphatic hydroxyl groups is 2. The summed E-state index contributed by atoms with van der Waals surface area (Å²) in [6, 6.07) is -0.538. The van der Waals surface area contributed by atoms with Crippen LogP contribution in [0.15, 0.2) is 11.5 Å². The number of hydrogen-bond acceptors (Lipinski definition) is 6. The summed E-state index contributed by atoms with van der Waals surface area (Å²) in [5.74, 6) is -1.44. The van der Waals surface area contributed by atoms with E-state index >= 15 is 0 Å². The van der Waals surface area contributed by atoms with Crippen LogP contribution in [0.3, 0.4) is 0 Å². The molecular weight excluding hydrogens is 278 g/mol. The Balaban J connectivity index is 2.24. The summed E-state index contributed by atoms with van der Waals surface area (Å²) in [4.78, 5) is 13.6. The zero-order chi connectivity index (χ0) is 16.0. The first-order valence-corrected chi connectivity index (χ1v) is 6.92. The average Bonchev–Trinajstić information content (AvgIpc) is 2.31. The number of rotatable bonds is 0. The lowest BCUT2D eigenvalue weighted by Crippen LogP contribution is -2.61. The zero-order valence-electron chi connectivity index (χ0n) is 13.0. The van der Waals surface area contributed by atoms with Crippen molar-refractivity contribution in [2.75, 3.05) is 13.2 Å². The summed E-state index contributed by atoms with van der Waals surface area (Å²) >= 11 is 0. The summed E-state index contributed by atoms with van der Waals surface area (Å²) in [7, 11) is 0. The molecule has 2 aliphatic rings. The van der Waals surface area contributed by atoms with E-state index in [-0.39, 0.29) is 24.7 Å². The van der Waals surface area contributed by atoms with Crippen LogP contribution in [0, 0.1) is 0 Å². The molecule has 0 saturated carbocycles. The summed E-state index contributed by atoms with van der Waals surface area (Å²) in [5, 5.41) is 19.9. The number of carbonyl (C=O) groups excluding carboxylic acids is 1. The minimum atomic E-state index is -0.896. The molecule has 0 aromatic heterocycles. The van der Waals surface area contributed by atoms with Gasteiger partial charge in [-0.3, -0.25) is 4.90 Å². The Bertz CT molecular complexity index is 465. The van der Waals surface area contributed by atoms with Gasteiger partial charge >= 0.3 is 6.09 Å². The van der Waals surface area contributed by atoms with E-state index in [0.29, 0.717) is 0 Å². The van der Waals surface area contributed by atoms with Crippen LogP contribution in [0.2, 0.25) is 0 Å². The van der Waals surface area contributed by atoms with Crippen LogP contribution in [-0.2, 0) is 14.2 Å². The second-order valence-corrected chi connectivity index (χ2v) is 6.76. The van der Waals surface area contributed by atoms with Gasteiger partial charge in [-0.1, -0.05) is 0 Å². The molecule has 0 spiro atoms. The Morgan fingerprint density at radius 1 is 1.38 bits per heavy atom. The third-order valence-corrected chi connectivity index (χ3v) is 3.28. The van der Waals surface area contributed by atoms with Crippen molar-refractivity contribution in [3.8, 4) is 0 Å². The van der Waals surface area contributed by atoms with Crippen molar-refractivity contribution in [3.05, 3.63) is 11.5 Å². The average molecular weight is 301 g/mol. The van der Waals surface area contributed by atoms with Gasteiger partial charge in [0.2, 0.25) is 0 Å². The Morgan fingerprint density at radius 3 is 2.57 bits per heavy atom. The number of aliphatic hydroxyl groups excluding tert-OH is 2. The number of carbonyl (C=O) groups is 1. The van der Waals surface area contributed by atoms with Crippen LogP contribution in [0.4, 0.5) is 4.79 Å². The molecule has 0 bridgehead atoms. The predicted molar refractivity (Wildman–Crippen MR) is 73.9 cm³/mol. The van der Waals surface area contributed by atoms with Gasteiger partial charge < -0.3 is 24.4 Å². The van der Waals surface area contributed by atoms with Crippen molar-refractivity contribution in [2.24, 2.45) is 0 Å². The minimum Gasteiger partial charge on any atom is -0.507 e. The number of hydrogen-bond donors (Lipinski definition) is 2. The summed E-state index contributed by atoms with van der Waals surface area (Å²) < 4.78 is 16.5. The van der Waals surface area contributed by atoms with Gasteiger partial charge in [-0.2, -0.15) is 0 Å². The number of nitrogens with zero attached hydrogens (tertiary/aromatic N) is 1. The first-order valence-electron chi connectivity index (χ1n) is 6.92. The molecule has 0 aliphatic carbocycles. The van der Waals surface area contributed by atoms with Crippen molar-refractivity contribution in [1.82, 2.24) is 4.90 Å². The fourth-order valence-electron chi connectivity index (χ4n) is 2.33. The van der Waals surface area contributed by atoms with E-state index in [9.17, 15) is 15.0 Å². The molecule has 2 aliphatic heterocycles. The van der Waals surface area contributed by atoms with Gasteiger partial charge in [0.05, 0.1) is 19.2 Å². The van der Waals surface area contributed by atoms with Crippen LogP contribution in [0.25, 0.3) is 0 Å². The molecule has 21 heavy (non-hydrogen) atoms.